The summed E-state index contributed by atoms with van der Waals surface area (Å²) >= 11 is 0. The van der Waals surface area contributed by atoms with E-state index in [2.05, 4.69) is 20.4 Å². The Hall–Kier alpha value is -8.69. The molecule has 0 fully saturated rings. The lowest BCUT2D eigenvalue weighted by molar-refractivity contribution is -0.138. The number of anilines is 1. The molecule has 7 heterocycles. The van der Waals surface area contributed by atoms with Crippen LogP contribution in [0.1, 0.15) is 75.4 Å². The molecule has 22 nitrogen and oxygen atoms in total. The molecule has 6 aromatic heterocycles. The number of nitrogens with one attached hydrogen (secondary N) is 1. The smallest absolute Gasteiger partial charge is 0.295 e. The van der Waals surface area contributed by atoms with Crippen molar-refractivity contribution in [2.75, 3.05) is 39.2 Å². The van der Waals surface area contributed by atoms with Gasteiger partial charge in [0, 0.05) is 82.3 Å². The standard InChI is InChI=1S/C48H51N13O9/c1-7-30-43(70-27(4)51-30)47(67)55-48-54-32-23-28(44(49)65)24-36(69-21-11-17-57(5)37(62)16-20-58-38(63)14-15-39(58)64)41(32)60(48)19-10-9-18-59-42-35(68-6)25-33(45(50)66)52-40(42)29-12-13-31(53-46(29)59)34-22-26(3)56-61(34)8-2/h9-10,12-15,22-25H,7-8,11,16-21H2,1-6H3,(H2,49,65)(H2,50,66)(H,54,55,67)/b10-9+. The quantitative estimate of drug-likeness (QED) is 0.0548. The number of methoxy groups -OCH3 is 1. The van der Waals surface area contributed by atoms with Crippen LogP contribution in [0, 0.1) is 13.8 Å². The van der Waals surface area contributed by atoms with E-state index < -0.39 is 29.5 Å². The maximum absolute atomic E-state index is 13.9. The topological polar surface area (TPSA) is 284 Å². The van der Waals surface area contributed by atoms with E-state index in [-0.39, 0.29) is 79.3 Å². The van der Waals surface area contributed by atoms with E-state index >= 15 is 0 Å². The van der Waals surface area contributed by atoms with Crippen molar-refractivity contribution >= 4 is 74.5 Å². The Bertz CT molecular complexity index is 3300. The molecule has 1 aliphatic rings. The summed E-state index contributed by atoms with van der Waals surface area (Å²) in [5, 5.41) is 8.14. The number of primary amides is 2. The van der Waals surface area contributed by atoms with Crippen molar-refractivity contribution in [2.24, 2.45) is 11.5 Å². The second-order valence-electron chi connectivity index (χ2n) is 16.4. The van der Waals surface area contributed by atoms with E-state index in [0.717, 1.165) is 16.3 Å². The molecule has 362 valence electrons. The van der Waals surface area contributed by atoms with Crippen LogP contribution in [0.3, 0.4) is 0 Å². The molecule has 1 aromatic carbocycles. The minimum absolute atomic E-state index is 0.0230. The van der Waals surface area contributed by atoms with Crippen LogP contribution in [-0.4, -0.2) is 118 Å². The van der Waals surface area contributed by atoms with Crippen LogP contribution >= 0.6 is 0 Å². The number of ether oxygens (including phenoxy) is 2. The highest BCUT2D eigenvalue weighted by atomic mass is 16.5. The number of imidazole rings is 1. The van der Waals surface area contributed by atoms with Crippen molar-refractivity contribution in [1.29, 1.82) is 0 Å². The third-order valence-electron chi connectivity index (χ3n) is 11.7. The molecule has 7 aromatic rings. The van der Waals surface area contributed by atoms with Crippen LogP contribution < -0.4 is 26.3 Å². The summed E-state index contributed by atoms with van der Waals surface area (Å²) in [6, 6.07) is 10.2. The average Bonchev–Trinajstić information content (AvgIpc) is 4.16. The number of hydrogen-bond donors (Lipinski definition) is 3. The number of rotatable bonds is 20. The Morgan fingerprint density at radius 1 is 0.886 bits per heavy atom. The van der Waals surface area contributed by atoms with Gasteiger partial charge in [0.15, 0.2) is 5.89 Å². The van der Waals surface area contributed by atoms with Gasteiger partial charge in [-0.15, -0.1) is 0 Å². The summed E-state index contributed by atoms with van der Waals surface area (Å²) in [6.07, 6.45) is 6.81. The number of carbonyl (C=O) groups is 6. The largest absolute Gasteiger partial charge is 0.494 e. The maximum Gasteiger partial charge on any atom is 0.295 e. The second kappa shape index (κ2) is 19.9. The van der Waals surface area contributed by atoms with Crippen LogP contribution in [0.4, 0.5) is 5.95 Å². The van der Waals surface area contributed by atoms with Gasteiger partial charge in [-0.1, -0.05) is 19.1 Å². The van der Waals surface area contributed by atoms with Gasteiger partial charge in [-0.3, -0.25) is 43.7 Å². The summed E-state index contributed by atoms with van der Waals surface area (Å²) in [5.74, 6) is -2.23. The Kier molecular flexibility index (Phi) is 13.6. The first-order chi connectivity index (χ1) is 33.6. The highest BCUT2D eigenvalue weighted by Gasteiger charge is 2.26. The molecular weight excluding hydrogens is 903 g/mol. The molecule has 8 rings (SSSR count). The Morgan fingerprint density at radius 2 is 1.63 bits per heavy atom. The number of hydrogen-bond acceptors (Lipinski definition) is 14. The minimum Gasteiger partial charge on any atom is -0.494 e. The van der Waals surface area contributed by atoms with Gasteiger partial charge in [0.2, 0.25) is 23.5 Å². The van der Waals surface area contributed by atoms with E-state index in [1.54, 1.807) is 18.5 Å². The molecule has 1 aliphatic heterocycles. The van der Waals surface area contributed by atoms with Crippen LogP contribution in [-0.2, 0) is 40.4 Å². The number of benzene rings is 1. The number of nitrogens with two attached hydrogens (primary N) is 2. The first kappa shape index (κ1) is 47.8. The summed E-state index contributed by atoms with van der Waals surface area (Å²) < 4.78 is 23.3. The Labute approximate surface area is 399 Å². The third kappa shape index (κ3) is 9.42. The van der Waals surface area contributed by atoms with Gasteiger partial charge in [0.25, 0.3) is 23.6 Å². The lowest BCUT2D eigenvalue weighted by Crippen LogP contribution is -2.36. The van der Waals surface area contributed by atoms with Gasteiger partial charge < -0.3 is 39.4 Å². The fraction of sp³-hybridized carbons (Fsp3) is 0.312. The van der Waals surface area contributed by atoms with Crippen LogP contribution in [0.25, 0.3) is 44.5 Å². The summed E-state index contributed by atoms with van der Waals surface area (Å²) in [7, 11) is 3.10. The molecular formula is C48H51N13O9. The summed E-state index contributed by atoms with van der Waals surface area (Å²) in [4.78, 5) is 97.1. The normalized spacial score (nSPS) is 12.6. The molecule has 0 bridgehead atoms. The lowest BCUT2D eigenvalue weighted by atomic mass is 10.1. The third-order valence-corrected chi connectivity index (χ3v) is 11.7. The van der Waals surface area contributed by atoms with Crippen molar-refractivity contribution in [1.82, 2.24) is 48.7 Å². The van der Waals surface area contributed by atoms with Crippen LogP contribution in [0.5, 0.6) is 11.5 Å². The molecule has 70 heavy (non-hydrogen) atoms. The zero-order chi connectivity index (χ0) is 50.0. The van der Waals surface area contributed by atoms with Gasteiger partial charge in [-0.05, 0) is 57.0 Å². The SMILES string of the molecule is CCc1nc(C)oc1C(=O)Nc1nc2cc(C(N)=O)cc(OCCCN(C)C(=O)CCN3C(=O)C=CC3=O)c2n1C/C=C/Cn1c2nc(-c3cc(C)nn3CC)ccc2c2nc(C(N)=O)cc(OC)c21. The predicted octanol–water partition coefficient (Wildman–Crippen LogP) is 4.24. The monoisotopic (exact) mass is 953 g/mol. The first-order valence-electron chi connectivity index (χ1n) is 22.5. The number of fused-ring (bicyclic) bond motifs is 4. The minimum atomic E-state index is -0.739. The van der Waals surface area contributed by atoms with Gasteiger partial charge in [-0.25, -0.2) is 19.9 Å². The molecule has 22 heteroatoms. The highest BCUT2D eigenvalue weighted by molar-refractivity contribution is 6.13. The zero-order valence-corrected chi connectivity index (χ0v) is 39.4. The summed E-state index contributed by atoms with van der Waals surface area (Å²) in [6.45, 7) is 8.67. The predicted molar refractivity (Wildman–Crippen MR) is 256 cm³/mol. The number of aryl methyl sites for hydroxylation is 4. The average molecular weight is 954 g/mol. The van der Waals surface area contributed by atoms with E-state index in [1.165, 1.54) is 42.4 Å². The number of allylic oxidation sites excluding steroid dienone is 2. The molecule has 0 unspecified atom stereocenters. The van der Waals surface area contributed by atoms with E-state index in [4.69, 9.17) is 35.3 Å². The molecule has 0 radical (unpaired) electrons. The van der Waals surface area contributed by atoms with Gasteiger partial charge in [0.1, 0.15) is 39.4 Å². The second-order valence-corrected chi connectivity index (χ2v) is 16.4. The number of aromatic nitrogens is 8. The lowest BCUT2D eigenvalue weighted by Gasteiger charge is -2.19. The molecule has 5 N–H and O–H groups in total. The number of nitrogens with zero attached hydrogens (tertiary/aromatic N) is 10. The van der Waals surface area contributed by atoms with E-state index in [1.807, 2.05) is 60.4 Å². The summed E-state index contributed by atoms with van der Waals surface area (Å²) in [5.41, 5.74) is 16.7. The maximum atomic E-state index is 13.9. The van der Waals surface area contributed by atoms with Crippen molar-refractivity contribution in [3.63, 3.8) is 0 Å². The first-order valence-corrected chi connectivity index (χ1v) is 22.5. The zero-order valence-electron chi connectivity index (χ0n) is 39.4. The Balaban J connectivity index is 1.13. The van der Waals surface area contributed by atoms with Crippen LogP contribution in [0.2, 0.25) is 0 Å². The van der Waals surface area contributed by atoms with Crippen LogP contribution in [0.15, 0.2) is 65.1 Å². The van der Waals surface area contributed by atoms with Gasteiger partial charge in [0.05, 0.1) is 42.0 Å². The van der Waals surface area contributed by atoms with Crippen molar-refractivity contribution in [3.8, 4) is 22.9 Å². The number of carbonyl (C=O) groups excluding carboxylic acids is 6. The number of amides is 6. The van der Waals surface area contributed by atoms with E-state index in [0.29, 0.717) is 70.0 Å². The fourth-order valence-corrected chi connectivity index (χ4v) is 8.32. The molecule has 6 amide bonds. The van der Waals surface area contributed by atoms with Crippen molar-refractivity contribution in [3.05, 3.63) is 95.0 Å². The molecule has 0 spiro atoms. The van der Waals surface area contributed by atoms with Crippen molar-refractivity contribution < 1.29 is 42.7 Å². The molecule has 0 aliphatic carbocycles. The highest BCUT2D eigenvalue weighted by Crippen LogP contribution is 2.36. The number of pyridine rings is 2. The molecule has 0 saturated heterocycles. The number of imide groups is 1. The van der Waals surface area contributed by atoms with Crippen molar-refractivity contribution in [2.45, 2.75) is 66.6 Å². The van der Waals surface area contributed by atoms with E-state index in [9.17, 15) is 28.8 Å². The van der Waals surface area contributed by atoms with Gasteiger partial charge >= 0.3 is 0 Å². The number of oxazole rings is 1. The Morgan fingerprint density at radius 3 is 2.31 bits per heavy atom. The van der Waals surface area contributed by atoms with Gasteiger partial charge in [-0.2, -0.15) is 5.10 Å². The molecule has 0 saturated carbocycles. The molecule has 0 atom stereocenters. The fourth-order valence-electron chi connectivity index (χ4n) is 8.32.